The third-order valence-electron chi connectivity index (χ3n) is 6.79. The van der Waals surface area contributed by atoms with Crippen LogP contribution in [0.15, 0.2) is 94.7 Å². The highest BCUT2D eigenvalue weighted by Crippen LogP contribution is 2.56. The van der Waals surface area contributed by atoms with Gasteiger partial charge in [-0.1, -0.05) is 84.1 Å². The Kier molecular flexibility index (Phi) is 5.12. The quantitative estimate of drug-likeness (QED) is 0.477. The Morgan fingerprint density at radius 2 is 1.82 bits per heavy atom. The van der Waals surface area contributed by atoms with Crippen LogP contribution in [0, 0.1) is 12.8 Å². The fraction of sp³-hybridized carbons (Fsp3) is 0.207. The summed E-state index contributed by atoms with van der Waals surface area (Å²) in [7, 11) is 0. The number of aliphatic hydroxyl groups is 1. The lowest BCUT2D eigenvalue weighted by atomic mass is 9.90. The molecule has 5 heteroatoms. The van der Waals surface area contributed by atoms with E-state index >= 15 is 0 Å². The summed E-state index contributed by atoms with van der Waals surface area (Å²) in [5.41, 5.74) is 5.65. The van der Waals surface area contributed by atoms with Crippen LogP contribution in [-0.2, 0) is 11.2 Å². The fourth-order valence-corrected chi connectivity index (χ4v) is 6.55. The lowest BCUT2D eigenvalue weighted by Crippen LogP contribution is -2.36. The van der Waals surface area contributed by atoms with Gasteiger partial charge in [-0.15, -0.1) is 0 Å². The minimum Gasteiger partial charge on any atom is -0.477 e. The minimum atomic E-state index is -1.01. The molecule has 2 heterocycles. The largest absolute Gasteiger partial charge is 0.477 e. The molecule has 1 saturated carbocycles. The second kappa shape index (κ2) is 8.19. The molecule has 4 nitrogen and oxygen atoms in total. The molecule has 0 saturated heterocycles. The number of carbonyl (C=O) groups is 1. The predicted octanol–water partition coefficient (Wildman–Crippen LogP) is 6.07. The minimum absolute atomic E-state index is 0.164. The van der Waals surface area contributed by atoms with Crippen LogP contribution in [0.25, 0.3) is 15.7 Å². The van der Waals surface area contributed by atoms with E-state index in [1.807, 2.05) is 43.3 Å². The van der Waals surface area contributed by atoms with Crippen molar-refractivity contribution in [3.8, 4) is 0 Å². The molecule has 2 aliphatic heterocycles. The highest BCUT2D eigenvalue weighted by atomic mass is 32.2. The summed E-state index contributed by atoms with van der Waals surface area (Å²) in [6, 6.07) is 22.6. The molecule has 0 aromatic heterocycles. The Hall–Kier alpha value is -3.28. The van der Waals surface area contributed by atoms with Crippen molar-refractivity contribution in [3.63, 3.8) is 0 Å². The summed E-state index contributed by atoms with van der Waals surface area (Å²) < 4.78 is 0. The smallest absolute Gasteiger partial charge is 0.353 e. The normalized spacial score (nSPS) is 20.1. The van der Waals surface area contributed by atoms with Crippen LogP contribution in [0.2, 0.25) is 0 Å². The van der Waals surface area contributed by atoms with E-state index in [4.69, 9.17) is 0 Å². The SMILES string of the molecule is Cc1cccc(C2=C(C(=O)O)N3C(=C(C4CC4)C(Cc4cccc5ccccc45)=CC3O)S2)c1. The van der Waals surface area contributed by atoms with Gasteiger partial charge < -0.3 is 10.2 Å². The number of fused-ring (bicyclic) bond motifs is 2. The zero-order chi connectivity index (χ0) is 23.4. The highest BCUT2D eigenvalue weighted by Gasteiger charge is 2.44. The van der Waals surface area contributed by atoms with Gasteiger partial charge in [-0.3, -0.25) is 4.90 Å². The number of carboxylic acid groups (broad SMARTS) is 1. The van der Waals surface area contributed by atoms with Crippen LogP contribution in [-0.4, -0.2) is 27.3 Å². The van der Waals surface area contributed by atoms with Gasteiger partial charge in [0, 0.05) is 0 Å². The summed E-state index contributed by atoms with van der Waals surface area (Å²) in [6.45, 7) is 2.00. The number of carboxylic acids is 1. The summed E-state index contributed by atoms with van der Waals surface area (Å²) in [4.78, 5) is 14.7. The summed E-state index contributed by atoms with van der Waals surface area (Å²) in [5, 5.41) is 24.7. The number of hydrogen-bond acceptors (Lipinski definition) is 4. The Morgan fingerprint density at radius 1 is 1.06 bits per heavy atom. The number of aryl methyl sites for hydroxylation is 1. The second-order valence-electron chi connectivity index (χ2n) is 9.24. The van der Waals surface area contributed by atoms with E-state index in [1.54, 1.807) is 4.90 Å². The van der Waals surface area contributed by atoms with E-state index in [0.717, 1.165) is 34.6 Å². The van der Waals surface area contributed by atoms with Crippen molar-refractivity contribution in [2.45, 2.75) is 32.4 Å². The van der Waals surface area contributed by atoms with Crippen LogP contribution < -0.4 is 0 Å². The third kappa shape index (κ3) is 3.56. The molecule has 3 aromatic rings. The molecule has 3 aliphatic rings. The monoisotopic (exact) mass is 467 g/mol. The first-order chi connectivity index (χ1) is 16.5. The van der Waals surface area contributed by atoms with Crippen LogP contribution >= 0.6 is 11.8 Å². The molecule has 3 aromatic carbocycles. The number of nitrogens with zero attached hydrogens (tertiary/aromatic N) is 1. The van der Waals surface area contributed by atoms with Crippen LogP contribution in [0.4, 0.5) is 0 Å². The lowest BCUT2D eigenvalue weighted by molar-refractivity contribution is -0.134. The first kappa shape index (κ1) is 21.3. The van der Waals surface area contributed by atoms with E-state index in [9.17, 15) is 15.0 Å². The number of aliphatic hydroxyl groups excluding tert-OH is 1. The fourth-order valence-electron chi connectivity index (χ4n) is 5.12. The van der Waals surface area contributed by atoms with Gasteiger partial charge in [0.15, 0.2) is 6.23 Å². The first-order valence-electron chi connectivity index (χ1n) is 11.6. The van der Waals surface area contributed by atoms with Crippen LogP contribution in [0.1, 0.15) is 29.5 Å². The predicted molar refractivity (Wildman–Crippen MR) is 137 cm³/mol. The molecule has 0 spiro atoms. The van der Waals surface area contributed by atoms with Crippen LogP contribution in [0.3, 0.4) is 0 Å². The van der Waals surface area contributed by atoms with Crippen molar-refractivity contribution >= 4 is 33.4 Å². The van der Waals surface area contributed by atoms with Gasteiger partial charge in [0.25, 0.3) is 0 Å². The molecule has 34 heavy (non-hydrogen) atoms. The average Bonchev–Trinajstić information content (AvgIpc) is 3.57. The Bertz CT molecular complexity index is 1420. The highest BCUT2D eigenvalue weighted by molar-refractivity contribution is 8.12. The van der Waals surface area contributed by atoms with E-state index in [0.29, 0.717) is 17.2 Å². The molecule has 1 aliphatic carbocycles. The van der Waals surface area contributed by atoms with Gasteiger partial charge in [0.05, 0.1) is 9.93 Å². The third-order valence-corrected chi connectivity index (χ3v) is 8.04. The summed E-state index contributed by atoms with van der Waals surface area (Å²) in [6.07, 6.45) is 3.76. The number of hydrogen-bond donors (Lipinski definition) is 2. The van der Waals surface area contributed by atoms with Crippen molar-refractivity contribution < 1.29 is 15.0 Å². The number of thioether (sulfide) groups is 1. The zero-order valence-corrected chi connectivity index (χ0v) is 19.7. The van der Waals surface area contributed by atoms with E-state index in [-0.39, 0.29) is 5.70 Å². The lowest BCUT2D eigenvalue weighted by Gasteiger charge is -2.33. The van der Waals surface area contributed by atoms with Gasteiger partial charge in [-0.05, 0) is 71.2 Å². The molecule has 1 atom stereocenters. The Labute approximate surface area is 202 Å². The molecule has 0 bridgehead atoms. The van der Waals surface area contributed by atoms with Crippen molar-refractivity contribution in [1.29, 1.82) is 0 Å². The average molecular weight is 468 g/mol. The topological polar surface area (TPSA) is 60.8 Å². The first-order valence-corrected chi connectivity index (χ1v) is 12.4. The number of benzene rings is 3. The number of allylic oxidation sites excluding steroid dienone is 2. The summed E-state index contributed by atoms with van der Waals surface area (Å²) in [5.74, 6) is -0.607. The van der Waals surface area contributed by atoms with Crippen molar-refractivity contribution in [2.24, 2.45) is 5.92 Å². The molecular weight excluding hydrogens is 442 g/mol. The molecular formula is C29H25NO3S. The Morgan fingerprint density at radius 3 is 2.59 bits per heavy atom. The maximum Gasteiger partial charge on any atom is 0.353 e. The summed E-state index contributed by atoms with van der Waals surface area (Å²) >= 11 is 1.49. The van der Waals surface area contributed by atoms with Gasteiger partial charge in [-0.2, -0.15) is 0 Å². The van der Waals surface area contributed by atoms with E-state index in [1.165, 1.54) is 33.7 Å². The number of rotatable bonds is 5. The maximum absolute atomic E-state index is 12.4. The molecule has 170 valence electrons. The molecule has 0 amide bonds. The van der Waals surface area contributed by atoms with Crippen molar-refractivity contribution in [1.82, 2.24) is 4.90 Å². The van der Waals surface area contributed by atoms with Gasteiger partial charge in [0.1, 0.15) is 5.70 Å². The van der Waals surface area contributed by atoms with Gasteiger partial charge >= 0.3 is 5.97 Å². The second-order valence-corrected chi connectivity index (χ2v) is 10.2. The van der Waals surface area contributed by atoms with E-state index < -0.39 is 12.2 Å². The van der Waals surface area contributed by atoms with Gasteiger partial charge in [-0.25, -0.2) is 4.79 Å². The molecule has 0 radical (unpaired) electrons. The maximum atomic E-state index is 12.4. The zero-order valence-electron chi connectivity index (χ0n) is 18.9. The standard InChI is InChI=1S/C29H25NO3S/c1-17-6-4-10-21(14-17)27-26(29(32)33)30-24(31)16-22(25(19-12-13-19)28(30)34-27)15-20-9-5-8-18-7-2-3-11-23(18)20/h2-11,14,16,19,24,31H,12-13,15H2,1H3,(H,32,33). The molecule has 2 N–H and O–H groups in total. The van der Waals surface area contributed by atoms with E-state index in [2.05, 4.69) is 36.4 Å². The van der Waals surface area contributed by atoms with Crippen molar-refractivity contribution in [3.05, 3.63) is 111 Å². The molecule has 6 rings (SSSR count). The molecule has 1 fully saturated rings. The Balaban J connectivity index is 1.46. The molecule has 1 unspecified atom stereocenters. The van der Waals surface area contributed by atoms with Crippen LogP contribution in [0.5, 0.6) is 0 Å². The van der Waals surface area contributed by atoms with Gasteiger partial charge in [0.2, 0.25) is 0 Å². The van der Waals surface area contributed by atoms with Crippen molar-refractivity contribution in [2.75, 3.05) is 0 Å². The number of aliphatic carboxylic acids is 1.